The van der Waals surface area contributed by atoms with Crippen LogP contribution in [0, 0.1) is 43.4 Å². The SMILES string of the molecule is C=C[C-]=N.[CH2-]CCC.[U+2]. The summed E-state index contributed by atoms with van der Waals surface area (Å²) in [5, 5.41) is 6.08. The summed E-state index contributed by atoms with van der Waals surface area (Å²) in [6, 6.07) is 0. The third-order valence-electron chi connectivity index (χ3n) is 0.456. The minimum Gasteiger partial charge on any atom is -0.412 e. The van der Waals surface area contributed by atoms with Crippen LogP contribution >= 0.6 is 0 Å². The molecule has 1 N–H and O–H groups in total. The monoisotopic (exact) mass is 349 g/mol. The van der Waals surface area contributed by atoms with E-state index >= 15 is 0 Å². The molecule has 9 heavy (non-hydrogen) atoms. The molecule has 0 unspecified atom stereocenters. The van der Waals surface area contributed by atoms with Crippen molar-refractivity contribution in [3.8, 4) is 0 Å². The Kier molecular flexibility index (Phi) is 42.7. The number of hydrogen-bond donors (Lipinski definition) is 1. The van der Waals surface area contributed by atoms with E-state index in [1.54, 1.807) is 0 Å². The third kappa shape index (κ3) is 58.3. The zero-order valence-corrected chi connectivity index (χ0v) is 10.1. The minimum absolute atomic E-state index is 0. The van der Waals surface area contributed by atoms with E-state index in [0.717, 1.165) is 6.42 Å². The van der Waals surface area contributed by atoms with Gasteiger partial charge in [-0.25, -0.2) is 12.7 Å². The predicted octanol–water partition coefficient (Wildman–Crippen LogP) is 2.32. The van der Waals surface area contributed by atoms with Crippen molar-refractivity contribution in [3.05, 3.63) is 19.6 Å². The van der Waals surface area contributed by atoms with Gasteiger partial charge in [0.25, 0.3) is 0 Å². The summed E-state index contributed by atoms with van der Waals surface area (Å²) in [4.78, 5) is 0. The second-order valence-corrected chi connectivity index (χ2v) is 1.20. The van der Waals surface area contributed by atoms with Crippen LogP contribution in [0.5, 0.6) is 0 Å². The van der Waals surface area contributed by atoms with Crippen molar-refractivity contribution in [2.75, 3.05) is 0 Å². The van der Waals surface area contributed by atoms with Crippen LogP contribution in [0.4, 0.5) is 0 Å². The standard InChI is InChI=1S/C4H9.C3H4N.U/c1-3-4-2;1-2-3-4;/h1,3-4H2,2H3;2,4H,1H2;/q2*-1;+2. The molecule has 2 heteroatoms. The van der Waals surface area contributed by atoms with Gasteiger partial charge in [0.2, 0.25) is 0 Å². The first-order valence-electron chi connectivity index (χ1n) is 2.65. The normalized spacial score (nSPS) is 5.56. The maximum absolute atomic E-state index is 6.08. The van der Waals surface area contributed by atoms with Crippen LogP contribution in [0.1, 0.15) is 19.8 Å². The Balaban J connectivity index is -0.0000000720. The summed E-state index contributed by atoms with van der Waals surface area (Å²) in [5.74, 6) is 0. The van der Waals surface area contributed by atoms with Gasteiger partial charge in [0.15, 0.2) is 0 Å². The first-order valence-corrected chi connectivity index (χ1v) is 2.65. The van der Waals surface area contributed by atoms with Crippen LogP contribution in [0.25, 0.3) is 0 Å². The number of unbranched alkanes of at least 4 members (excludes halogenated alkanes) is 1. The van der Waals surface area contributed by atoms with Gasteiger partial charge in [-0.15, -0.1) is 0 Å². The maximum atomic E-state index is 6.08. The van der Waals surface area contributed by atoms with Gasteiger partial charge in [0.1, 0.15) is 0 Å². The molecule has 50 valence electrons. The number of rotatable bonds is 2. The molecule has 0 aliphatic carbocycles. The van der Waals surface area contributed by atoms with Crippen LogP contribution in [0.15, 0.2) is 12.7 Å². The van der Waals surface area contributed by atoms with Crippen molar-refractivity contribution < 1.29 is 31.1 Å². The molecular weight excluding hydrogens is 336 g/mol. The van der Waals surface area contributed by atoms with Crippen LogP contribution < -0.4 is 0 Å². The Bertz CT molecular complexity index is 44.9. The average molecular weight is 349 g/mol. The van der Waals surface area contributed by atoms with Gasteiger partial charge in [-0.2, -0.15) is 12.6 Å². The van der Waals surface area contributed by atoms with Crippen LogP contribution in [0.2, 0.25) is 0 Å². The Morgan fingerprint density at radius 1 is 1.78 bits per heavy atom. The first-order chi connectivity index (χ1) is 3.83. The van der Waals surface area contributed by atoms with E-state index in [1.165, 1.54) is 12.5 Å². The van der Waals surface area contributed by atoms with Gasteiger partial charge in [0, 0.05) is 0 Å². The average Bonchev–Trinajstić information content (AvgIpc) is 1.88. The molecule has 0 aromatic rings. The Labute approximate surface area is 81.8 Å². The molecule has 0 fully saturated rings. The Hall–Kier alpha value is 0.462. The van der Waals surface area contributed by atoms with Crippen molar-refractivity contribution >= 4 is 6.21 Å². The first kappa shape index (κ1) is 16.2. The van der Waals surface area contributed by atoms with Crippen LogP contribution in [-0.2, 0) is 0 Å². The van der Waals surface area contributed by atoms with Crippen molar-refractivity contribution in [3.63, 3.8) is 0 Å². The summed E-state index contributed by atoms with van der Waals surface area (Å²) < 4.78 is 0. The zero-order chi connectivity index (χ0) is 6.83. The Morgan fingerprint density at radius 3 is 2.00 bits per heavy atom. The molecule has 0 heterocycles. The fourth-order valence-electron chi connectivity index (χ4n) is 0. The number of nitrogens with one attached hydrogen (secondary N) is 1. The van der Waals surface area contributed by atoms with E-state index < -0.39 is 0 Å². The topological polar surface area (TPSA) is 23.9 Å². The van der Waals surface area contributed by atoms with Crippen LogP contribution in [0.3, 0.4) is 0 Å². The van der Waals surface area contributed by atoms with Gasteiger partial charge in [-0.3, -0.25) is 0 Å². The summed E-state index contributed by atoms with van der Waals surface area (Å²) in [6.45, 7) is 8.90. The minimum atomic E-state index is 0. The fraction of sp³-hybridized carbons (Fsp3) is 0.429. The second-order valence-electron chi connectivity index (χ2n) is 1.20. The molecule has 0 spiro atoms. The Morgan fingerprint density at radius 2 is 2.00 bits per heavy atom. The van der Waals surface area contributed by atoms with E-state index in [9.17, 15) is 0 Å². The summed E-state index contributed by atoms with van der Waals surface area (Å²) in [7, 11) is 0. The maximum Gasteiger partial charge on any atom is 2.00 e. The predicted molar refractivity (Wildman–Crippen MR) is 38.2 cm³/mol. The molecule has 0 amide bonds. The molecule has 0 saturated carbocycles. The molecule has 0 rings (SSSR count). The second kappa shape index (κ2) is 23.7. The largest absolute Gasteiger partial charge is 2.00 e. The van der Waals surface area contributed by atoms with Crippen molar-refractivity contribution in [1.29, 1.82) is 5.41 Å². The molecule has 0 aromatic carbocycles. The van der Waals surface area contributed by atoms with E-state index in [4.69, 9.17) is 5.41 Å². The molecular formula is C7H13NU. The van der Waals surface area contributed by atoms with E-state index in [0.29, 0.717) is 0 Å². The zero-order valence-electron chi connectivity index (χ0n) is 5.91. The smallest absolute Gasteiger partial charge is 0.412 e. The van der Waals surface area contributed by atoms with Crippen LogP contribution in [-0.4, -0.2) is 6.21 Å². The van der Waals surface area contributed by atoms with E-state index in [-0.39, 0.29) is 31.1 Å². The van der Waals surface area contributed by atoms with Gasteiger partial charge in [0.05, 0.1) is 0 Å². The molecule has 1 nitrogen and oxygen atoms in total. The molecule has 0 bridgehead atoms. The van der Waals surface area contributed by atoms with E-state index in [1.807, 2.05) is 6.21 Å². The molecule has 0 atom stereocenters. The van der Waals surface area contributed by atoms with Gasteiger partial charge >= 0.3 is 31.1 Å². The summed E-state index contributed by atoms with van der Waals surface area (Å²) >= 11 is 0. The van der Waals surface area contributed by atoms with Gasteiger partial charge in [-0.1, -0.05) is 13.3 Å². The van der Waals surface area contributed by atoms with Gasteiger partial charge in [-0.05, 0) is 0 Å². The molecule has 0 aliphatic heterocycles. The molecule has 0 aromatic heterocycles. The summed E-state index contributed by atoms with van der Waals surface area (Å²) in [5.41, 5.74) is 0. The van der Waals surface area contributed by atoms with E-state index in [2.05, 4.69) is 20.4 Å². The number of allylic oxidation sites excluding steroid dienone is 1. The van der Waals surface area contributed by atoms with Gasteiger partial charge < -0.3 is 12.3 Å². The fourth-order valence-corrected chi connectivity index (χ4v) is 0. The third-order valence-corrected chi connectivity index (χ3v) is 0.456. The molecule has 0 aliphatic rings. The molecule has 0 saturated heterocycles. The van der Waals surface area contributed by atoms with Crippen molar-refractivity contribution in [2.45, 2.75) is 19.8 Å². The summed E-state index contributed by atoms with van der Waals surface area (Å²) in [6.07, 6.45) is 5.51. The molecule has 0 radical (unpaired) electrons. The van der Waals surface area contributed by atoms with Crippen molar-refractivity contribution in [2.24, 2.45) is 0 Å². The quantitative estimate of drug-likeness (QED) is 0.585. The van der Waals surface area contributed by atoms with Crippen molar-refractivity contribution in [1.82, 2.24) is 0 Å². The number of hydrogen-bond acceptors (Lipinski definition) is 1.